The highest BCUT2D eigenvalue weighted by molar-refractivity contribution is 5.92. The summed E-state index contributed by atoms with van der Waals surface area (Å²) in [4.78, 5) is 29.0. The van der Waals surface area contributed by atoms with Gasteiger partial charge in [0.25, 0.3) is 0 Å². The quantitative estimate of drug-likeness (QED) is 0.908. The monoisotopic (exact) mass is 327 g/mol. The van der Waals surface area contributed by atoms with Crippen molar-refractivity contribution in [3.63, 3.8) is 0 Å². The van der Waals surface area contributed by atoms with Gasteiger partial charge >= 0.3 is 6.03 Å². The third-order valence-corrected chi connectivity index (χ3v) is 5.81. The Kier molecular flexibility index (Phi) is 3.74. The molecule has 0 radical (unpaired) electrons. The van der Waals surface area contributed by atoms with E-state index in [1.807, 2.05) is 35.0 Å². The van der Waals surface area contributed by atoms with E-state index in [4.69, 9.17) is 0 Å². The predicted octanol–water partition coefficient (Wildman–Crippen LogP) is 3.04. The number of urea groups is 1. The Morgan fingerprint density at radius 2 is 2.00 bits per heavy atom. The molecular weight excluding hydrogens is 302 g/mol. The van der Waals surface area contributed by atoms with Crippen molar-refractivity contribution >= 4 is 17.6 Å². The van der Waals surface area contributed by atoms with E-state index in [0.717, 1.165) is 31.5 Å². The number of rotatable bonds is 2. The average Bonchev–Trinajstić information content (AvgIpc) is 3.34. The van der Waals surface area contributed by atoms with E-state index in [1.165, 1.54) is 18.4 Å². The first-order valence-corrected chi connectivity index (χ1v) is 8.99. The lowest BCUT2D eigenvalue weighted by Gasteiger charge is -2.37. The zero-order valence-electron chi connectivity index (χ0n) is 14.3. The molecule has 5 heteroatoms. The fourth-order valence-corrected chi connectivity index (χ4v) is 4.25. The molecule has 2 saturated heterocycles. The van der Waals surface area contributed by atoms with Gasteiger partial charge in [0.05, 0.1) is 5.41 Å². The molecule has 1 aromatic rings. The second-order valence-electron chi connectivity index (χ2n) is 7.57. The molecule has 2 aliphatic heterocycles. The lowest BCUT2D eigenvalue weighted by molar-refractivity contribution is -0.143. The van der Waals surface area contributed by atoms with Gasteiger partial charge in [-0.2, -0.15) is 0 Å². The van der Waals surface area contributed by atoms with Crippen molar-refractivity contribution in [1.82, 2.24) is 9.80 Å². The highest BCUT2D eigenvalue weighted by atomic mass is 16.2. The van der Waals surface area contributed by atoms with Crippen LogP contribution >= 0.6 is 0 Å². The first-order valence-electron chi connectivity index (χ1n) is 8.99. The largest absolute Gasteiger partial charge is 0.345 e. The van der Waals surface area contributed by atoms with Gasteiger partial charge in [-0.3, -0.25) is 4.79 Å². The fourth-order valence-electron chi connectivity index (χ4n) is 4.25. The van der Waals surface area contributed by atoms with E-state index in [-0.39, 0.29) is 17.4 Å². The van der Waals surface area contributed by atoms with Crippen LogP contribution in [0.4, 0.5) is 10.5 Å². The van der Waals surface area contributed by atoms with Crippen LogP contribution in [0.3, 0.4) is 0 Å². The van der Waals surface area contributed by atoms with Gasteiger partial charge < -0.3 is 15.1 Å². The van der Waals surface area contributed by atoms with Crippen molar-refractivity contribution in [3.8, 4) is 0 Å². The van der Waals surface area contributed by atoms with Gasteiger partial charge in [0.1, 0.15) is 0 Å². The second-order valence-corrected chi connectivity index (χ2v) is 7.57. The maximum atomic E-state index is 12.7. The van der Waals surface area contributed by atoms with Gasteiger partial charge in [0, 0.05) is 32.4 Å². The molecule has 2 heterocycles. The van der Waals surface area contributed by atoms with Crippen LogP contribution < -0.4 is 5.32 Å². The van der Waals surface area contributed by atoms with Gasteiger partial charge in [0.15, 0.2) is 0 Å². The summed E-state index contributed by atoms with van der Waals surface area (Å²) in [5.74, 6) is 0.808. The number of hydrogen-bond acceptors (Lipinski definition) is 2. The topological polar surface area (TPSA) is 52.6 Å². The van der Waals surface area contributed by atoms with Crippen molar-refractivity contribution in [2.75, 3.05) is 32.0 Å². The first kappa shape index (κ1) is 15.5. The molecule has 1 spiro atoms. The third-order valence-electron chi connectivity index (χ3n) is 5.81. The Bertz CT molecular complexity index is 670. The van der Waals surface area contributed by atoms with Crippen LogP contribution in [0.25, 0.3) is 0 Å². The number of para-hydroxylation sites is 1. The van der Waals surface area contributed by atoms with Crippen LogP contribution in [0.5, 0.6) is 0 Å². The van der Waals surface area contributed by atoms with Crippen LogP contribution in [-0.4, -0.2) is 48.4 Å². The summed E-state index contributed by atoms with van der Waals surface area (Å²) in [7, 11) is 1.87. The van der Waals surface area contributed by atoms with E-state index in [9.17, 15) is 9.59 Å². The molecule has 1 aliphatic carbocycles. The Morgan fingerprint density at radius 3 is 2.79 bits per heavy atom. The van der Waals surface area contributed by atoms with Crippen molar-refractivity contribution < 1.29 is 9.59 Å². The summed E-state index contributed by atoms with van der Waals surface area (Å²) in [6, 6.07) is 8.02. The van der Waals surface area contributed by atoms with E-state index in [2.05, 4.69) is 11.4 Å². The van der Waals surface area contributed by atoms with E-state index >= 15 is 0 Å². The highest BCUT2D eigenvalue weighted by Gasteiger charge is 2.48. The minimum absolute atomic E-state index is 0.0685. The Hall–Kier alpha value is -2.04. The molecule has 1 aromatic carbocycles. The number of benzene rings is 1. The Balaban J connectivity index is 1.46. The smallest absolute Gasteiger partial charge is 0.321 e. The minimum Gasteiger partial charge on any atom is -0.345 e. The van der Waals surface area contributed by atoms with Crippen molar-refractivity contribution in [1.29, 1.82) is 0 Å². The molecule has 3 fully saturated rings. The summed E-state index contributed by atoms with van der Waals surface area (Å²) in [6.07, 6.45) is 5.13. The minimum atomic E-state index is -0.347. The van der Waals surface area contributed by atoms with Crippen LogP contribution in [0.15, 0.2) is 24.3 Å². The SMILES string of the molecule is CN1CCC[C@@]2(CCN(C(=O)Nc3ccccc3C3CC3)C2)C1=O. The van der Waals surface area contributed by atoms with E-state index in [1.54, 1.807) is 0 Å². The number of nitrogens with zero attached hydrogens (tertiary/aromatic N) is 2. The van der Waals surface area contributed by atoms with Crippen molar-refractivity contribution in [2.24, 2.45) is 5.41 Å². The second kappa shape index (κ2) is 5.80. The number of piperidine rings is 1. The van der Waals surface area contributed by atoms with Crippen LogP contribution in [0.1, 0.15) is 43.6 Å². The standard InChI is InChI=1S/C19H25N3O2/c1-21-11-4-9-19(17(21)23)10-12-22(13-19)18(24)20-16-6-3-2-5-15(16)14-7-8-14/h2-3,5-6,14H,4,7-13H2,1H3,(H,20,24)/t19-/m0/s1. The number of amides is 3. The van der Waals surface area contributed by atoms with E-state index in [0.29, 0.717) is 19.0 Å². The van der Waals surface area contributed by atoms with Crippen LogP contribution in [0.2, 0.25) is 0 Å². The summed E-state index contributed by atoms with van der Waals surface area (Å²) in [5, 5.41) is 3.08. The maximum absolute atomic E-state index is 12.7. The molecule has 5 nitrogen and oxygen atoms in total. The third kappa shape index (κ3) is 2.66. The normalized spacial score (nSPS) is 27.0. The van der Waals surface area contributed by atoms with Gasteiger partial charge in [-0.1, -0.05) is 18.2 Å². The summed E-state index contributed by atoms with van der Waals surface area (Å²) >= 11 is 0. The van der Waals surface area contributed by atoms with Crippen molar-refractivity contribution in [3.05, 3.63) is 29.8 Å². The molecule has 3 amide bonds. The molecule has 0 bridgehead atoms. The van der Waals surface area contributed by atoms with Crippen molar-refractivity contribution in [2.45, 2.75) is 38.0 Å². The van der Waals surface area contributed by atoms with E-state index < -0.39 is 0 Å². The lowest BCUT2D eigenvalue weighted by Crippen LogP contribution is -2.49. The van der Waals surface area contributed by atoms with Gasteiger partial charge in [-0.05, 0) is 49.7 Å². The predicted molar refractivity (Wildman–Crippen MR) is 92.9 cm³/mol. The molecule has 3 aliphatic rings. The number of likely N-dealkylation sites (tertiary alicyclic amines) is 2. The molecular formula is C19H25N3O2. The molecule has 1 atom stereocenters. The number of anilines is 1. The molecule has 128 valence electrons. The number of hydrogen-bond donors (Lipinski definition) is 1. The average molecular weight is 327 g/mol. The molecule has 24 heavy (non-hydrogen) atoms. The lowest BCUT2D eigenvalue weighted by atomic mass is 9.78. The number of nitrogens with one attached hydrogen (secondary N) is 1. The Labute approximate surface area is 143 Å². The maximum Gasteiger partial charge on any atom is 0.321 e. The molecule has 4 rings (SSSR count). The zero-order chi connectivity index (χ0) is 16.7. The fraction of sp³-hybridized carbons (Fsp3) is 0.579. The number of carbonyl (C=O) groups excluding carboxylic acids is 2. The van der Waals surface area contributed by atoms with Gasteiger partial charge in [-0.25, -0.2) is 4.79 Å². The molecule has 1 saturated carbocycles. The van der Waals surface area contributed by atoms with Gasteiger partial charge in [-0.15, -0.1) is 0 Å². The molecule has 0 aromatic heterocycles. The number of carbonyl (C=O) groups is 2. The first-order chi connectivity index (χ1) is 11.6. The zero-order valence-corrected chi connectivity index (χ0v) is 14.3. The molecule has 1 N–H and O–H groups in total. The van der Waals surface area contributed by atoms with Gasteiger partial charge in [0.2, 0.25) is 5.91 Å². The summed E-state index contributed by atoms with van der Waals surface area (Å²) in [5.41, 5.74) is 1.83. The molecule has 0 unspecified atom stereocenters. The Morgan fingerprint density at radius 1 is 1.21 bits per heavy atom. The summed E-state index contributed by atoms with van der Waals surface area (Å²) in [6.45, 7) is 2.05. The highest BCUT2D eigenvalue weighted by Crippen LogP contribution is 2.44. The van der Waals surface area contributed by atoms with Crippen LogP contribution in [0, 0.1) is 5.41 Å². The summed E-state index contributed by atoms with van der Waals surface area (Å²) < 4.78 is 0. The van der Waals surface area contributed by atoms with Crippen LogP contribution in [-0.2, 0) is 4.79 Å².